The molecule has 1 saturated heterocycles. The number of carboxylic acids is 1. The van der Waals surface area contributed by atoms with Crippen LogP contribution >= 0.6 is 24.0 Å². The zero-order valence-electron chi connectivity index (χ0n) is 14.7. The van der Waals surface area contributed by atoms with E-state index in [1.54, 1.807) is 6.08 Å². The Kier molecular flexibility index (Phi) is 7.47. The van der Waals surface area contributed by atoms with Gasteiger partial charge in [0.15, 0.2) is 11.5 Å². The van der Waals surface area contributed by atoms with Gasteiger partial charge in [-0.25, -0.2) is 0 Å². The summed E-state index contributed by atoms with van der Waals surface area (Å²) >= 11 is 6.36. The number of ether oxygens (including phenoxy) is 2. The monoisotopic (exact) mass is 395 g/mol. The predicted octanol–water partition coefficient (Wildman–Crippen LogP) is 3.55. The number of aliphatic carboxylic acids is 1. The van der Waals surface area contributed by atoms with Crippen LogP contribution in [0.2, 0.25) is 0 Å². The lowest BCUT2D eigenvalue weighted by molar-refractivity contribution is -0.137. The van der Waals surface area contributed by atoms with E-state index >= 15 is 0 Å². The fourth-order valence-corrected chi connectivity index (χ4v) is 3.57. The third-order valence-electron chi connectivity index (χ3n) is 3.45. The van der Waals surface area contributed by atoms with Crippen molar-refractivity contribution < 1.29 is 24.2 Å². The van der Waals surface area contributed by atoms with Gasteiger partial charge in [0.25, 0.3) is 5.91 Å². The minimum atomic E-state index is -0.966. The molecule has 1 fully saturated rings. The first-order chi connectivity index (χ1) is 12.5. The Morgan fingerprint density at radius 2 is 2.08 bits per heavy atom. The Labute approximate surface area is 162 Å². The minimum absolute atomic E-state index is 0.0747. The number of thiocarbonyl (C=S) groups is 1. The summed E-state index contributed by atoms with van der Waals surface area (Å²) in [5.74, 6) is 0.0495. The number of thioether (sulfide) groups is 1. The Bertz CT molecular complexity index is 732. The number of carbonyl (C=O) groups is 2. The molecule has 1 amide bonds. The highest BCUT2D eigenvalue weighted by atomic mass is 32.2. The van der Waals surface area contributed by atoms with E-state index in [0.29, 0.717) is 33.9 Å². The average molecular weight is 396 g/mol. The van der Waals surface area contributed by atoms with Crippen molar-refractivity contribution in [2.75, 3.05) is 19.8 Å². The average Bonchev–Trinajstić information content (AvgIpc) is 2.86. The smallest absolute Gasteiger partial charge is 0.305 e. The number of benzene rings is 1. The van der Waals surface area contributed by atoms with Gasteiger partial charge in [-0.15, -0.1) is 0 Å². The van der Waals surface area contributed by atoms with Crippen molar-refractivity contribution in [1.82, 2.24) is 4.90 Å². The van der Waals surface area contributed by atoms with E-state index in [1.807, 2.05) is 32.0 Å². The molecule has 0 aromatic heterocycles. The first-order valence-electron chi connectivity index (χ1n) is 8.33. The molecule has 2 rings (SSSR count). The van der Waals surface area contributed by atoms with Gasteiger partial charge in [0, 0.05) is 6.54 Å². The van der Waals surface area contributed by atoms with Crippen LogP contribution in [0, 0.1) is 0 Å². The predicted molar refractivity (Wildman–Crippen MR) is 106 cm³/mol. The highest BCUT2D eigenvalue weighted by molar-refractivity contribution is 8.26. The summed E-state index contributed by atoms with van der Waals surface area (Å²) in [5, 5.41) is 8.79. The minimum Gasteiger partial charge on any atom is -0.490 e. The highest BCUT2D eigenvalue weighted by Crippen LogP contribution is 2.35. The Balaban J connectivity index is 2.20. The standard InChI is InChI=1S/C18H21NO5S2/c1-3-9-24-13-6-5-12(10-14(13)23-4-2)11-15-17(22)19(18(25)26-15)8-7-16(20)21/h5-6,10-11H,3-4,7-9H2,1-2H3,(H,20,21)/b15-11+. The number of nitrogens with zero attached hydrogens (tertiary/aromatic N) is 1. The molecule has 1 heterocycles. The molecule has 0 spiro atoms. The molecule has 8 heteroatoms. The quantitative estimate of drug-likeness (QED) is 0.506. The number of hydrogen-bond acceptors (Lipinski definition) is 6. The van der Waals surface area contributed by atoms with Crippen LogP contribution in [0.5, 0.6) is 11.5 Å². The van der Waals surface area contributed by atoms with Crippen molar-refractivity contribution in [3.05, 3.63) is 28.7 Å². The van der Waals surface area contributed by atoms with Crippen molar-refractivity contribution in [3.8, 4) is 11.5 Å². The topological polar surface area (TPSA) is 76.1 Å². The van der Waals surface area contributed by atoms with Gasteiger partial charge in [0.2, 0.25) is 0 Å². The summed E-state index contributed by atoms with van der Waals surface area (Å²) in [5.41, 5.74) is 0.788. The summed E-state index contributed by atoms with van der Waals surface area (Å²) < 4.78 is 11.7. The van der Waals surface area contributed by atoms with Crippen LogP contribution < -0.4 is 9.47 Å². The van der Waals surface area contributed by atoms with Crippen LogP contribution in [0.15, 0.2) is 23.1 Å². The second-order valence-corrected chi connectivity index (χ2v) is 7.14. The lowest BCUT2D eigenvalue weighted by atomic mass is 10.2. The van der Waals surface area contributed by atoms with Crippen molar-refractivity contribution in [2.45, 2.75) is 26.7 Å². The zero-order chi connectivity index (χ0) is 19.1. The molecular formula is C18H21NO5S2. The van der Waals surface area contributed by atoms with Gasteiger partial charge in [-0.3, -0.25) is 14.5 Å². The fraction of sp³-hybridized carbons (Fsp3) is 0.389. The van der Waals surface area contributed by atoms with Gasteiger partial charge in [0.05, 0.1) is 24.5 Å². The molecule has 0 atom stereocenters. The summed E-state index contributed by atoms with van der Waals surface area (Å²) in [6, 6.07) is 5.48. The molecule has 1 aliphatic heterocycles. The van der Waals surface area contributed by atoms with Crippen LogP contribution in [-0.2, 0) is 9.59 Å². The lowest BCUT2D eigenvalue weighted by Crippen LogP contribution is -2.30. The molecule has 0 radical (unpaired) electrons. The molecule has 1 N–H and O–H groups in total. The number of carboxylic acid groups (broad SMARTS) is 1. The van der Waals surface area contributed by atoms with Crippen molar-refractivity contribution in [2.24, 2.45) is 0 Å². The second kappa shape index (κ2) is 9.59. The van der Waals surface area contributed by atoms with Gasteiger partial charge >= 0.3 is 5.97 Å². The summed E-state index contributed by atoms with van der Waals surface area (Å²) in [4.78, 5) is 25.0. The van der Waals surface area contributed by atoms with Gasteiger partial charge in [-0.05, 0) is 37.1 Å². The number of rotatable bonds is 9. The molecule has 1 aromatic rings. The fourth-order valence-electron chi connectivity index (χ4n) is 2.27. The Morgan fingerprint density at radius 3 is 2.73 bits per heavy atom. The number of amides is 1. The normalized spacial score (nSPS) is 15.6. The molecule has 1 aromatic carbocycles. The third-order valence-corrected chi connectivity index (χ3v) is 4.83. The molecule has 0 saturated carbocycles. The molecule has 140 valence electrons. The van der Waals surface area contributed by atoms with Crippen LogP contribution in [0.3, 0.4) is 0 Å². The van der Waals surface area contributed by atoms with Crippen LogP contribution in [0.25, 0.3) is 6.08 Å². The van der Waals surface area contributed by atoms with Crippen molar-refractivity contribution in [3.63, 3.8) is 0 Å². The third kappa shape index (κ3) is 5.22. The number of hydrogen-bond donors (Lipinski definition) is 1. The molecular weight excluding hydrogens is 374 g/mol. The second-order valence-electron chi connectivity index (χ2n) is 5.46. The van der Waals surface area contributed by atoms with E-state index in [2.05, 4.69) is 0 Å². The largest absolute Gasteiger partial charge is 0.490 e. The molecule has 0 aliphatic carbocycles. The van der Waals surface area contributed by atoms with E-state index < -0.39 is 5.97 Å². The van der Waals surface area contributed by atoms with E-state index in [4.69, 9.17) is 26.8 Å². The molecule has 1 aliphatic rings. The first kappa shape index (κ1) is 20.3. The van der Waals surface area contributed by atoms with Gasteiger partial charge in [-0.1, -0.05) is 37.0 Å². The van der Waals surface area contributed by atoms with Crippen LogP contribution in [-0.4, -0.2) is 46.0 Å². The maximum absolute atomic E-state index is 12.5. The molecule has 26 heavy (non-hydrogen) atoms. The van der Waals surface area contributed by atoms with Gasteiger partial charge in [0.1, 0.15) is 4.32 Å². The van der Waals surface area contributed by atoms with Crippen LogP contribution in [0.4, 0.5) is 0 Å². The van der Waals surface area contributed by atoms with Gasteiger partial charge in [-0.2, -0.15) is 0 Å². The first-order valence-corrected chi connectivity index (χ1v) is 9.55. The summed E-state index contributed by atoms with van der Waals surface area (Å²) in [6.07, 6.45) is 2.48. The highest BCUT2D eigenvalue weighted by Gasteiger charge is 2.32. The lowest BCUT2D eigenvalue weighted by Gasteiger charge is -2.12. The van der Waals surface area contributed by atoms with Crippen molar-refractivity contribution in [1.29, 1.82) is 0 Å². The Hall–Kier alpha value is -2.06. The molecule has 0 bridgehead atoms. The molecule has 0 unspecified atom stereocenters. The number of carbonyl (C=O) groups excluding carboxylic acids is 1. The maximum atomic E-state index is 12.5. The van der Waals surface area contributed by atoms with Crippen molar-refractivity contribution >= 4 is 46.3 Å². The Morgan fingerprint density at radius 1 is 1.31 bits per heavy atom. The van der Waals surface area contributed by atoms with Gasteiger partial charge < -0.3 is 14.6 Å². The maximum Gasteiger partial charge on any atom is 0.305 e. The van der Waals surface area contributed by atoms with E-state index in [0.717, 1.165) is 12.0 Å². The van der Waals surface area contributed by atoms with E-state index in [1.165, 1.54) is 16.7 Å². The summed E-state index contributed by atoms with van der Waals surface area (Å²) in [7, 11) is 0. The van der Waals surface area contributed by atoms with Crippen LogP contribution in [0.1, 0.15) is 32.3 Å². The summed E-state index contributed by atoms with van der Waals surface area (Å²) in [6.45, 7) is 5.10. The van der Waals surface area contributed by atoms with E-state index in [9.17, 15) is 9.59 Å². The SMILES string of the molecule is CCCOc1ccc(/C=C2/SC(=S)N(CCC(=O)O)C2=O)cc1OCC. The zero-order valence-corrected chi connectivity index (χ0v) is 16.3. The van der Waals surface area contributed by atoms with E-state index in [-0.39, 0.29) is 18.9 Å². The molecule has 6 nitrogen and oxygen atoms in total.